The number of nitrogens with one attached hydrogen (secondary N) is 1. The molecule has 0 saturated heterocycles. The Morgan fingerprint density at radius 2 is 2.12 bits per heavy atom. The van der Waals surface area contributed by atoms with Gasteiger partial charge in [0.2, 0.25) is 0 Å². The smallest absolute Gasteiger partial charge is 0.341 e. The Morgan fingerprint density at radius 1 is 1.33 bits per heavy atom. The number of benzene rings is 1. The highest BCUT2D eigenvalue weighted by Gasteiger charge is 2.15. The number of aryl methyl sites for hydroxylation is 3. The molecule has 24 heavy (non-hydrogen) atoms. The SMILES string of the molecule is COC(=O)c1cc(CN=C(N)Nc2ccc3c(c2)CCC3)oc1C. The zero-order valence-corrected chi connectivity index (χ0v) is 13.9. The van der Waals surface area contributed by atoms with E-state index in [1.165, 1.54) is 24.7 Å². The molecule has 0 spiro atoms. The summed E-state index contributed by atoms with van der Waals surface area (Å²) >= 11 is 0. The van der Waals surface area contributed by atoms with E-state index in [4.69, 9.17) is 14.9 Å². The van der Waals surface area contributed by atoms with Crippen molar-refractivity contribution in [1.82, 2.24) is 0 Å². The van der Waals surface area contributed by atoms with Gasteiger partial charge in [0.1, 0.15) is 23.6 Å². The molecular formula is C18H21N3O3. The number of nitrogens with zero attached hydrogens (tertiary/aromatic N) is 1. The van der Waals surface area contributed by atoms with Gasteiger partial charge in [-0.05, 0) is 55.5 Å². The van der Waals surface area contributed by atoms with Crippen molar-refractivity contribution < 1.29 is 13.9 Å². The van der Waals surface area contributed by atoms with E-state index >= 15 is 0 Å². The quantitative estimate of drug-likeness (QED) is 0.512. The number of methoxy groups -OCH3 is 1. The van der Waals surface area contributed by atoms with Crippen molar-refractivity contribution >= 4 is 17.6 Å². The molecule has 0 saturated carbocycles. The Hall–Kier alpha value is -2.76. The van der Waals surface area contributed by atoms with Crippen LogP contribution in [-0.2, 0) is 24.1 Å². The number of carbonyl (C=O) groups excluding carboxylic acids is 1. The lowest BCUT2D eigenvalue weighted by atomic mass is 10.1. The van der Waals surface area contributed by atoms with Crippen molar-refractivity contribution in [2.24, 2.45) is 10.7 Å². The maximum atomic E-state index is 11.6. The summed E-state index contributed by atoms with van der Waals surface area (Å²) in [6.07, 6.45) is 3.48. The minimum atomic E-state index is -0.421. The summed E-state index contributed by atoms with van der Waals surface area (Å²) in [5, 5.41) is 3.09. The third kappa shape index (κ3) is 3.42. The van der Waals surface area contributed by atoms with Gasteiger partial charge < -0.3 is 20.2 Å². The van der Waals surface area contributed by atoms with E-state index in [1.807, 2.05) is 6.07 Å². The van der Waals surface area contributed by atoms with Crippen LogP contribution < -0.4 is 11.1 Å². The van der Waals surface area contributed by atoms with Crippen LogP contribution in [0.4, 0.5) is 5.69 Å². The summed E-state index contributed by atoms with van der Waals surface area (Å²) in [6, 6.07) is 7.90. The van der Waals surface area contributed by atoms with Gasteiger partial charge in [-0.15, -0.1) is 0 Å². The molecule has 6 nitrogen and oxygen atoms in total. The van der Waals surface area contributed by atoms with Gasteiger partial charge in [-0.2, -0.15) is 0 Å². The Labute approximate surface area is 140 Å². The number of esters is 1. The molecule has 3 rings (SSSR count). The summed E-state index contributed by atoms with van der Waals surface area (Å²) < 4.78 is 10.2. The predicted octanol–water partition coefficient (Wildman–Crippen LogP) is 2.79. The second-order valence-electron chi connectivity index (χ2n) is 5.84. The second-order valence-corrected chi connectivity index (χ2v) is 5.84. The number of aliphatic imine (C=N–C) groups is 1. The molecule has 0 fully saturated rings. The van der Waals surface area contributed by atoms with Crippen LogP contribution in [0.2, 0.25) is 0 Å². The molecule has 1 heterocycles. The minimum Gasteiger partial charge on any atom is -0.465 e. The van der Waals surface area contributed by atoms with Crippen LogP contribution in [0.5, 0.6) is 0 Å². The first-order chi connectivity index (χ1) is 11.6. The van der Waals surface area contributed by atoms with Crippen LogP contribution in [0.1, 0.15) is 39.4 Å². The van der Waals surface area contributed by atoms with Gasteiger partial charge >= 0.3 is 5.97 Å². The molecule has 2 aromatic rings. The van der Waals surface area contributed by atoms with Crippen LogP contribution >= 0.6 is 0 Å². The number of furan rings is 1. The second kappa shape index (κ2) is 6.78. The molecule has 1 aromatic carbocycles. The van der Waals surface area contributed by atoms with Crippen molar-refractivity contribution in [2.45, 2.75) is 32.7 Å². The van der Waals surface area contributed by atoms with Crippen LogP contribution in [-0.4, -0.2) is 19.0 Å². The molecule has 1 aromatic heterocycles. The van der Waals surface area contributed by atoms with Gasteiger partial charge in [-0.1, -0.05) is 6.07 Å². The maximum Gasteiger partial charge on any atom is 0.341 e. The monoisotopic (exact) mass is 327 g/mol. The molecule has 0 bridgehead atoms. The summed E-state index contributed by atoms with van der Waals surface area (Å²) in [4.78, 5) is 15.8. The van der Waals surface area contributed by atoms with Crippen molar-refractivity contribution in [2.75, 3.05) is 12.4 Å². The van der Waals surface area contributed by atoms with Gasteiger partial charge in [0.05, 0.1) is 7.11 Å². The van der Waals surface area contributed by atoms with E-state index in [9.17, 15) is 4.79 Å². The molecule has 3 N–H and O–H groups in total. The molecule has 1 aliphatic rings. The molecule has 0 unspecified atom stereocenters. The van der Waals surface area contributed by atoms with Gasteiger partial charge in [-0.25, -0.2) is 9.79 Å². The number of fused-ring (bicyclic) bond motifs is 1. The Kier molecular flexibility index (Phi) is 4.55. The van der Waals surface area contributed by atoms with Crippen molar-refractivity contribution in [3.05, 3.63) is 52.5 Å². The zero-order chi connectivity index (χ0) is 17.1. The van der Waals surface area contributed by atoms with Crippen LogP contribution in [0.15, 0.2) is 33.7 Å². The first-order valence-electron chi connectivity index (χ1n) is 7.93. The highest BCUT2D eigenvalue weighted by atomic mass is 16.5. The highest BCUT2D eigenvalue weighted by Crippen LogP contribution is 2.24. The molecular weight excluding hydrogens is 306 g/mol. The first kappa shape index (κ1) is 16.1. The lowest BCUT2D eigenvalue weighted by Gasteiger charge is -2.07. The van der Waals surface area contributed by atoms with Crippen molar-refractivity contribution in [3.63, 3.8) is 0 Å². The summed E-state index contributed by atoms with van der Waals surface area (Å²) in [5.41, 5.74) is 10.1. The fourth-order valence-corrected chi connectivity index (χ4v) is 2.93. The number of ether oxygens (including phenoxy) is 1. The van der Waals surface area contributed by atoms with Crippen LogP contribution in [0.3, 0.4) is 0 Å². The van der Waals surface area contributed by atoms with Gasteiger partial charge in [-0.3, -0.25) is 0 Å². The number of carbonyl (C=O) groups is 1. The van der Waals surface area contributed by atoms with Crippen molar-refractivity contribution in [1.29, 1.82) is 0 Å². The van der Waals surface area contributed by atoms with Gasteiger partial charge in [0.15, 0.2) is 5.96 Å². The lowest BCUT2D eigenvalue weighted by molar-refractivity contribution is 0.0599. The molecule has 0 amide bonds. The van der Waals surface area contributed by atoms with E-state index in [1.54, 1.807) is 13.0 Å². The Morgan fingerprint density at radius 3 is 2.92 bits per heavy atom. The summed E-state index contributed by atoms with van der Waals surface area (Å²) in [7, 11) is 1.34. The molecule has 6 heteroatoms. The molecule has 126 valence electrons. The van der Waals surface area contributed by atoms with Crippen molar-refractivity contribution in [3.8, 4) is 0 Å². The molecule has 0 atom stereocenters. The largest absolute Gasteiger partial charge is 0.465 e. The fraction of sp³-hybridized carbons (Fsp3) is 0.333. The average Bonchev–Trinajstić information content (AvgIpc) is 3.18. The maximum absolute atomic E-state index is 11.6. The number of guanidine groups is 1. The number of nitrogens with two attached hydrogens (primary N) is 1. The molecule has 1 aliphatic carbocycles. The number of rotatable bonds is 4. The van der Waals surface area contributed by atoms with Crippen LogP contribution in [0, 0.1) is 6.92 Å². The zero-order valence-electron chi connectivity index (χ0n) is 13.9. The van der Waals surface area contributed by atoms with E-state index in [-0.39, 0.29) is 6.54 Å². The summed E-state index contributed by atoms with van der Waals surface area (Å²) in [6.45, 7) is 1.97. The number of hydrogen-bond donors (Lipinski definition) is 2. The minimum absolute atomic E-state index is 0.252. The third-order valence-corrected chi connectivity index (χ3v) is 4.15. The van der Waals surface area contributed by atoms with Gasteiger partial charge in [0, 0.05) is 5.69 Å². The van der Waals surface area contributed by atoms with E-state index in [0.29, 0.717) is 23.0 Å². The topological polar surface area (TPSA) is 89.8 Å². The number of anilines is 1. The van der Waals surface area contributed by atoms with E-state index < -0.39 is 5.97 Å². The average molecular weight is 327 g/mol. The lowest BCUT2D eigenvalue weighted by Crippen LogP contribution is -2.22. The van der Waals surface area contributed by atoms with E-state index in [2.05, 4.69) is 22.4 Å². The molecule has 0 aliphatic heterocycles. The standard InChI is InChI=1S/C18H21N3O3/c1-11-16(17(22)23-2)9-15(24-11)10-20-18(19)21-14-7-6-12-4-3-5-13(12)8-14/h6-9H,3-5,10H2,1-2H3,(H3,19,20,21). The fourth-order valence-electron chi connectivity index (χ4n) is 2.93. The first-order valence-corrected chi connectivity index (χ1v) is 7.93. The Balaban J connectivity index is 1.65. The summed E-state index contributed by atoms with van der Waals surface area (Å²) in [5.74, 6) is 0.959. The van der Waals surface area contributed by atoms with E-state index in [0.717, 1.165) is 18.5 Å². The molecule has 0 radical (unpaired) electrons. The highest BCUT2D eigenvalue weighted by molar-refractivity contribution is 5.92. The van der Waals surface area contributed by atoms with Gasteiger partial charge in [0.25, 0.3) is 0 Å². The normalized spacial score (nSPS) is 13.7. The van der Waals surface area contributed by atoms with Crippen LogP contribution in [0.25, 0.3) is 0 Å². The third-order valence-electron chi connectivity index (χ3n) is 4.15. The number of hydrogen-bond acceptors (Lipinski definition) is 4. The predicted molar refractivity (Wildman–Crippen MR) is 92.2 cm³/mol. The Bertz CT molecular complexity index is 793.